The molecule has 2 aliphatic heterocycles. The number of hydrogen-bond acceptors (Lipinski definition) is 6. The Morgan fingerprint density at radius 2 is 1.93 bits per heavy atom. The summed E-state index contributed by atoms with van der Waals surface area (Å²) in [6.45, 7) is 4.11. The average molecular weight is 432 g/mol. The highest BCUT2D eigenvalue weighted by molar-refractivity contribution is 6.28. The zero-order valence-corrected chi connectivity index (χ0v) is 17.2. The first-order valence-electron chi connectivity index (χ1n) is 9.68. The molecule has 2 aliphatic rings. The second kappa shape index (κ2) is 8.35. The van der Waals surface area contributed by atoms with Crippen molar-refractivity contribution in [1.29, 1.82) is 0 Å². The van der Waals surface area contributed by atoms with E-state index in [4.69, 9.17) is 16.3 Å². The smallest absolute Gasteiger partial charge is 0.410 e. The lowest BCUT2D eigenvalue weighted by Crippen LogP contribution is -2.54. The second-order valence-electron chi connectivity index (χ2n) is 7.41. The van der Waals surface area contributed by atoms with Gasteiger partial charge in [0.05, 0.1) is 18.8 Å². The van der Waals surface area contributed by atoms with Crippen molar-refractivity contribution in [2.75, 3.05) is 24.5 Å². The van der Waals surface area contributed by atoms with Crippen LogP contribution in [0.5, 0.6) is 0 Å². The molecule has 3 heterocycles. The molecule has 4 rings (SSSR count). The minimum atomic E-state index is -1.01. The van der Waals surface area contributed by atoms with Gasteiger partial charge in [-0.15, -0.1) is 0 Å². The van der Waals surface area contributed by atoms with Gasteiger partial charge >= 0.3 is 12.2 Å². The summed E-state index contributed by atoms with van der Waals surface area (Å²) < 4.78 is 5.44. The fraction of sp³-hybridized carbons (Fsp3) is 0.400. The molecule has 1 aromatic heterocycles. The van der Waals surface area contributed by atoms with Crippen molar-refractivity contribution >= 4 is 29.6 Å². The van der Waals surface area contributed by atoms with Crippen LogP contribution in [0.2, 0.25) is 5.28 Å². The molecule has 0 spiro atoms. The molecule has 10 heteroatoms. The molecule has 9 nitrogen and oxygen atoms in total. The van der Waals surface area contributed by atoms with E-state index in [-0.39, 0.29) is 37.1 Å². The van der Waals surface area contributed by atoms with Crippen molar-refractivity contribution in [3.05, 3.63) is 52.4 Å². The summed E-state index contributed by atoms with van der Waals surface area (Å²) in [6, 6.07) is 9.50. The highest BCUT2D eigenvalue weighted by Gasteiger charge is 2.34. The molecule has 1 saturated heterocycles. The number of amides is 2. The van der Waals surface area contributed by atoms with E-state index in [9.17, 15) is 14.7 Å². The summed E-state index contributed by atoms with van der Waals surface area (Å²) in [4.78, 5) is 37.4. The van der Waals surface area contributed by atoms with E-state index in [0.717, 1.165) is 11.1 Å². The highest BCUT2D eigenvalue weighted by Crippen LogP contribution is 2.32. The Hall–Kier alpha value is -3.07. The number of carbonyl (C=O) groups excluding carboxylic acids is 1. The SMILES string of the molecule is CC1CN(C(=O)OCc2ccccc2)CCN1c1nc(Cl)nc2c1CN(C(=O)O)C2. The van der Waals surface area contributed by atoms with Gasteiger partial charge in [-0.05, 0) is 24.1 Å². The number of halogens is 1. The van der Waals surface area contributed by atoms with E-state index >= 15 is 0 Å². The third-order valence-corrected chi connectivity index (χ3v) is 5.54. The van der Waals surface area contributed by atoms with Crippen LogP contribution in [-0.2, 0) is 24.4 Å². The van der Waals surface area contributed by atoms with Gasteiger partial charge in [-0.25, -0.2) is 19.6 Å². The zero-order chi connectivity index (χ0) is 21.3. The van der Waals surface area contributed by atoms with Gasteiger partial charge < -0.3 is 19.6 Å². The number of piperazine rings is 1. The van der Waals surface area contributed by atoms with Crippen LogP contribution in [0, 0.1) is 0 Å². The van der Waals surface area contributed by atoms with E-state index in [1.807, 2.05) is 37.3 Å². The molecule has 0 aliphatic carbocycles. The summed E-state index contributed by atoms with van der Waals surface area (Å²) in [5, 5.41) is 9.40. The molecule has 2 amide bonds. The summed E-state index contributed by atoms with van der Waals surface area (Å²) in [6.07, 6.45) is -1.36. The van der Waals surface area contributed by atoms with E-state index in [1.165, 1.54) is 4.90 Å². The van der Waals surface area contributed by atoms with E-state index in [0.29, 0.717) is 31.1 Å². The minimum Gasteiger partial charge on any atom is -0.465 e. The number of carbonyl (C=O) groups is 2. The Balaban J connectivity index is 1.43. The van der Waals surface area contributed by atoms with Crippen LogP contribution in [0.15, 0.2) is 30.3 Å². The van der Waals surface area contributed by atoms with Crippen LogP contribution >= 0.6 is 11.6 Å². The normalized spacial score (nSPS) is 18.3. The number of nitrogens with zero attached hydrogens (tertiary/aromatic N) is 5. The first-order valence-corrected chi connectivity index (χ1v) is 10.1. The first kappa shape index (κ1) is 20.2. The van der Waals surface area contributed by atoms with Crippen molar-refractivity contribution in [2.24, 2.45) is 0 Å². The van der Waals surface area contributed by atoms with E-state index in [2.05, 4.69) is 14.9 Å². The van der Waals surface area contributed by atoms with Crippen LogP contribution in [0.3, 0.4) is 0 Å². The second-order valence-corrected chi connectivity index (χ2v) is 7.75. The van der Waals surface area contributed by atoms with Gasteiger partial charge in [-0.1, -0.05) is 30.3 Å². The molecule has 30 heavy (non-hydrogen) atoms. The van der Waals surface area contributed by atoms with Crippen LogP contribution < -0.4 is 4.90 Å². The lowest BCUT2D eigenvalue weighted by Gasteiger charge is -2.40. The van der Waals surface area contributed by atoms with Gasteiger partial charge in [0.25, 0.3) is 0 Å². The standard InChI is InChI=1S/C20H22ClN5O4/c1-13-9-24(20(29)30-12-14-5-3-2-4-6-14)7-8-26(13)17-15-10-25(19(27)28)11-16(15)22-18(21)23-17/h2-6,13H,7-12H2,1H3,(H,27,28). The lowest BCUT2D eigenvalue weighted by atomic mass is 10.1. The van der Waals surface area contributed by atoms with Gasteiger partial charge in [0.1, 0.15) is 12.4 Å². The fourth-order valence-electron chi connectivity index (χ4n) is 3.83. The van der Waals surface area contributed by atoms with Gasteiger partial charge in [-0.3, -0.25) is 4.90 Å². The number of fused-ring (bicyclic) bond motifs is 1. The van der Waals surface area contributed by atoms with Crippen molar-refractivity contribution in [2.45, 2.75) is 32.7 Å². The molecule has 1 aromatic carbocycles. The van der Waals surface area contributed by atoms with Crippen molar-refractivity contribution in [3.63, 3.8) is 0 Å². The number of rotatable bonds is 3. The molecule has 0 bridgehead atoms. The Labute approximate surface area is 178 Å². The number of anilines is 1. The Bertz CT molecular complexity index is 958. The molecule has 0 saturated carbocycles. The third kappa shape index (κ3) is 4.11. The molecular weight excluding hydrogens is 410 g/mol. The van der Waals surface area contributed by atoms with Crippen LogP contribution in [0.25, 0.3) is 0 Å². The molecule has 1 unspecified atom stereocenters. The zero-order valence-electron chi connectivity index (χ0n) is 16.5. The van der Waals surface area contributed by atoms with Crippen LogP contribution in [0.1, 0.15) is 23.7 Å². The Morgan fingerprint density at radius 3 is 2.63 bits per heavy atom. The fourth-order valence-corrected chi connectivity index (χ4v) is 4.01. The molecule has 0 radical (unpaired) electrons. The quantitative estimate of drug-likeness (QED) is 0.746. The number of ether oxygens (including phenoxy) is 1. The Morgan fingerprint density at radius 1 is 1.17 bits per heavy atom. The average Bonchev–Trinajstić information content (AvgIpc) is 3.16. The van der Waals surface area contributed by atoms with E-state index in [1.54, 1.807) is 4.90 Å². The minimum absolute atomic E-state index is 0.0445. The number of hydrogen-bond donors (Lipinski definition) is 1. The van der Waals surface area contributed by atoms with Crippen molar-refractivity contribution in [1.82, 2.24) is 19.8 Å². The summed E-state index contributed by atoms with van der Waals surface area (Å²) in [7, 11) is 0. The van der Waals surface area contributed by atoms with Crippen LogP contribution in [-0.4, -0.2) is 62.7 Å². The molecule has 1 atom stereocenters. The van der Waals surface area contributed by atoms with Gasteiger partial charge in [0.2, 0.25) is 5.28 Å². The summed E-state index contributed by atoms with van der Waals surface area (Å²) in [5.74, 6) is 0.638. The maximum atomic E-state index is 12.5. The van der Waals surface area contributed by atoms with Crippen molar-refractivity contribution < 1.29 is 19.4 Å². The van der Waals surface area contributed by atoms with Gasteiger partial charge in [0, 0.05) is 31.2 Å². The summed E-state index contributed by atoms with van der Waals surface area (Å²) in [5.41, 5.74) is 2.34. The monoisotopic (exact) mass is 431 g/mol. The number of carboxylic acid groups (broad SMARTS) is 1. The Kier molecular flexibility index (Phi) is 5.63. The van der Waals surface area contributed by atoms with Crippen LogP contribution in [0.4, 0.5) is 15.4 Å². The largest absolute Gasteiger partial charge is 0.465 e. The summed E-state index contributed by atoms with van der Waals surface area (Å²) >= 11 is 6.10. The molecule has 1 fully saturated rings. The number of aromatic nitrogens is 2. The molecule has 1 N–H and O–H groups in total. The third-order valence-electron chi connectivity index (χ3n) is 5.37. The highest BCUT2D eigenvalue weighted by atomic mass is 35.5. The maximum Gasteiger partial charge on any atom is 0.410 e. The topological polar surface area (TPSA) is 99.1 Å². The van der Waals surface area contributed by atoms with Gasteiger partial charge in [-0.2, -0.15) is 0 Å². The van der Waals surface area contributed by atoms with Gasteiger partial charge in [0.15, 0.2) is 0 Å². The number of benzene rings is 1. The predicted molar refractivity (Wildman–Crippen MR) is 109 cm³/mol. The first-order chi connectivity index (χ1) is 14.4. The lowest BCUT2D eigenvalue weighted by molar-refractivity contribution is 0.0897. The molecule has 158 valence electrons. The molecular formula is C20H22ClN5O4. The predicted octanol–water partition coefficient (Wildman–Crippen LogP) is 2.97. The molecule has 2 aromatic rings. The van der Waals surface area contributed by atoms with Crippen molar-refractivity contribution in [3.8, 4) is 0 Å². The van der Waals surface area contributed by atoms with E-state index < -0.39 is 6.09 Å². The maximum absolute atomic E-state index is 12.5.